The summed E-state index contributed by atoms with van der Waals surface area (Å²) in [6, 6.07) is 12.9. The number of anilines is 1. The second kappa shape index (κ2) is 9.45. The minimum atomic E-state index is -4.15. The standard InChI is InChI=1S/C25H33F3N2S/c1-18-14-19(2)23(31-17-25(26,27)28)15-22(18)30-12-10-29(11-13-30)16-20-6-8-21(9-7-20)24(3,4)5/h6-9,14-15H,10-13,16-17H2,1-5H3. The van der Waals surface area contributed by atoms with E-state index in [1.54, 1.807) is 0 Å². The van der Waals surface area contributed by atoms with Gasteiger partial charge in [-0.15, -0.1) is 11.8 Å². The molecule has 0 amide bonds. The zero-order valence-electron chi connectivity index (χ0n) is 19.1. The Balaban J connectivity index is 1.61. The summed E-state index contributed by atoms with van der Waals surface area (Å²) < 4.78 is 38.0. The van der Waals surface area contributed by atoms with Crippen molar-refractivity contribution in [3.8, 4) is 0 Å². The highest BCUT2D eigenvalue weighted by Gasteiger charge is 2.28. The first-order chi connectivity index (χ1) is 14.4. The molecule has 0 bridgehead atoms. The van der Waals surface area contributed by atoms with Gasteiger partial charge in [-0.1, -0.05) is 51.1 Å². The number of nitrogens with zero attached hydrogens (tertiary/aromatic N) is 2. The summed E-state index contributed by atoms with van der Waals surface area (Å²) >= 11 is 0.884. The minimum absolute atomic E-state index is 0.160. The molecule has 3 rings (SSSR count). The molecular weight excluding hydrogens is 417 g/mol. The van der Waals surface area contributed by atoms with Gasteiger partial charge in [-0.05, 0) is 47.6 Å². The number of halogens is 3. The molecule has 2 aromatic carbocycles. The average molecular weight is 451 g/mol. The minimum Gasteiger partial charge on any atom is -0.369 e. The van der Waals surface area contributed by atoms with Gasteiger partial charge in [-0.25, -0.2) is 0 Å². The van der Waals surface area contributed by atoms with Gasteiger partial charge in [0, 0.05) is 43.3 Å². The summed E-state index contributed by atoms with van der Waals surface area (Å²) in [5.74, 6) is -0.849. The van der Waals surface area contributed by atoms with Crippen LogP contribution >= 0.6 is 11.8 Å². The molecule has 170 valence electrons. The molecule has 0 saturated carbocycles. The van der Waals surface area contributed by atoms with Crippen molar-refractivity contribution in [2.75, 3.05) is 36.8 Å². The lowest BCUT2D eigenvalue weighted by molar-refractivity contribution is -0.105. The van der Waals surface area contributed by atoms with Gasteiger partial charge >= 0.3 is 6.18 Å². The average Bonchev–Trinajstić information content (AvgIpc) is 2.67. The van der Waals surface area contributed by atoms with Crippen LogP contribution in [0.15, 0.2) is 41.3 Å². The van der Waals surface area contributed by atoms with Crippen LogP contribution < -0.4 is 4.90 Å². The maximum Gasteiger partial charge on any atom is 0.398 e. The van der Waals surface area contributed by atoms with Gasteiger partial charge in [-0.2, -0.15) is 13.2 Å². The molecule has 0 aliphatic carbocycles. The molecule has 1 fully saturated rings. The van der Waals surface area contributed by atoms with Crippen LogP contribution in [0.5, 0.6) is 0 Å². The van der Waals surface area contributed by atoms with Crippen molar-refractivity contribution in [3.05, 3.63) is 58.7 Å². The number of rotatable bonds is 5. The van der Waals surface area contributed by atoms with Gasteiger partial charge < -0.3 is 4.90 Å². The zero-order valence-corrected chi connectivity index (χ0v) is 20.0. The summed E-state index contributed by atoms with van der Waals surface area (Å²) in [7, 11) is 0. The first kappa shape index (κ1) is 24.0. The van der Waals surface area contributed by atoms with Gasteiger partial charge in [-0.3, -0.25) is 4.90 Å². The Kier molecular flexibility index (Phi) is 7.32. The lowest BCUT2D eigenvalue weighted by Crippen LogP contribution is -2.46. The summed E-state index contributed by atoms with van der Waals surface area (Å²) in [5, 5.41) is 0. The summed E-state index contributed by atoms with van der Waals surface area (Å²) in [6.45, 7) is 15.2. The molecule has 0 spiro atoms. The lowest BCUT2D eigenvalue weighted by Gasteiger charge is -2.37. The Morgan fingerprint density at radius 3 is 2.03 bits per heavy atom. The molecule has 2 nitrogen and oxygen atoms in total. The van der Waals surface area contributed by atoms with Crippen LogP contribution in [-0.4, -0.2) is 43.0 Å². The van der Waals surface area contributed by atoms with Crippen LogP contribution in [0.4, 0.5) is 18.9 Å². The van der Waals surface area contributed by atoms with Gasteiger partial charge in [0.25, 0.3) is 0 Å². The molecule has 2 aromatic rings. The Bertz CT molecular complexity index is 877. The molecule has 31 heavy (non-hydrogen) atoms. The molecule has 0 radical (unpaired) electrons. The fourth-order valence-electron chi connectivity index (χ4n) is 3.99. The fourth-order valence-corrected chi connectivity index (χ4v) is 4.79. The van der Waals surface area contributed by atoms with Crippen molar-refractivity contribution in [3.63, 3.8) is 0 Å². The van der Waals surface area contributed by atoms with Gasteiger partial charge in [0.15, 0.2) is 0 Å². The maximum atomic E-state index is 12.7. The third-order valence-corrected chi connectivity index (χ3v) is 7.05. The van der Waals surface area contributed by atoms with Gasteiger partial charge in [0.1, 0.15) is 0 Å². The molecular formula is C25H33F3N2S. The van der Waals surface area contributed by atoms with Crippen molar-refractivity contribution in [2.45, 2.75) is 57.7 Å². The Hall–Kier alpha value is -1.66. The molecule has 0 unspecified atom stereocenters. The second-order valence-electron chi connectivity index (χ2n) is 9.52. The van der Waals surface area contributed by atoms with E-state index in [1.807, 2.05) is 26.0 Å². The number of alkyl halides is 3. The SMILES string of the molecule is Cc1cc(C)c(N2CCN(Cc3ccc(C(C)(C)C)cc3)CC2)cc1SCC(F)(F)F. The quantitative estimate of drug-likeness (QED) is 0.475. The summed E-state index contributed by atoms with van der Waals surface area (Å²) in [4.78, 5) is 5.48. The van der Waals surface area contributed by atoms with Crippen molar-refractivity contribution < 1.29 is 13.2 Å². The number of hydrogen-bond donors (Lipinski definition) is 0. The normalized spacial score (nSPS) is 16.1. The smallest absolute Gasteiger partial charge is 0.369 e. The largest absolute Gasteiger partial charge is 0.398 e. The molecule has 6 heteroatoms. The van der Waals surface area contributed by atoms with E-state index >= 15 is 0 Å². The van der Waals surface area contributed by atoms with E-state index in [0.29, 0.717) is 0 Å². The van der Waals surface area contributed by atoms with E-state index in [-0.39, 0.29) is 5.41 Å². The molecule has 1 saturated heterocycles. The molecule has 0 aromatic heterocycles. The lowest BCUT2D eigenvalue weighted by atomic mass is 9.87. The van der Waals surface area contributed by atoms with Crippen LogP contribution in [0.1, 0.15) is 43.0 Å². The molecule has 1 heterocycles. The topological polar surface area (TPSA) is 6.48 Å². The van der Waals surface area contributed by atoms with Gasteiger partial charge in [0.05, 0.1) is 5.75 Å². The first-order valence-corrected chi connectivity index (χ1v) is 11.8. The van der Waals surface area contributed by atoms with Crippen molar-refractivity contribution in [1.82, 2.24) is 4.90 Å². The van der Waals surface area contributed by atoms with E-state index < -0.39 is 11.9 Å². The second-order valence-corrected chi connectivity index (χ2v) is 10.5. The highest BCUT2D eigenvalue weighted by molar-refractivity contribution is 7.99. The first-order valence-electron chi connectivity index (χ1n) is 10.8. The molecule has 1 aliphatic rings. The van der Waals surface area contributed by atoms with E-state index in [0.717, 1.165) is 66.2 Å². The third-order valence-electron chi connectivity index (χ3n) is 5.82. The van der Waals surface area contributed by atoms with E-state index in [4.69, 9.17) is 0 Å². The maximum absolute atomic E-state index is 12.7. The monoisotopic (exact) mass is 450 g/mol. The highest BCUT2D eigenvalue weighted by Crippen LogP contribution is 2.34. The number of hydrogen-bond acceptors (Lipinski definition) is 3. The van der Waals surface area contributed by atoms with Crippen LogP contribution in [0.25, 0.3) is 0 Å². The van der Waals surface area contributed by atoms with Gasteiger partial charge in [0.2, 0.25) is 0 Å². The summed E-state index contributed by atoms with van der Waals surface area (Å²) in [5.41, 5.74) is 5.92. The highest BCUT2D eigenvalue weighted by atomic mass is 32.2. The third kappa shape index (κ3) is 6.66. The number of thioether (sulfide) groups is 1. The predicted molar refractivity (Wildman–Crippen MR) is 125 cm³/mol. The van der Waals surface area contributed by atoms with Crippen LogP contribution in [-0.2, 0) is 12.0 Å². The van der Waals surface area contributed by atoms with E-state index in [2.05, 4.69) is 54.8 Å². The van der Waals surface area contributed by atoms with E-state index in [9.17, 15) is 13.2 Å². The predicted octanol–water partition coefficient (Wildman–Crippen LogP) is 6.58. The number of benzene rings is 2. The van der Waals surface area contributed by atoms with Crippen LogP contribution in [0.3, 0.4) is 0 Å². The molecule has 0 N–H and O–H groups in total. The molecule has 1 aliphatic heterocycles. The Morgan fingerprint density at radius 1 is 0.871 bits per heavy atom. The van der Waals surface area contributed by atoms with Crippen LogP contribution in [0.2, 0.25) is 0 Å². The van der Waals surface area contributed by atoms with Crippen molar-refractivity contribution >= 4 is 17.4 Å². The molecule has 0 atom stereocenters. The Morgan fingerprint density at radius 2 is 1.48 bits per heavy atom. The number of aryl methyl sites for hydroxylation is 2. The fraction of sp³-hybridized carbons (Fsp3) is 0.520. The Labute approximate surface area is 188 Å². The van der Waals surface area contributed by atoms with Crippen molar-refractivity contribution in [1.29, 1.82) is 0 Å². The van der Waals surface area contributed by atoms with Crippen molar-refractivity contribution in [2.24, 2.45) is 0 Å². The van der Waals surface area contributed by atoms with E-state index in [1.165, 1.54) is 11.1 Å². The zero-order chi connectivity index (χ0) is 22.8. The number of piperazine rings is 1. The summed E-state index contributed by atoms with van der Waals surface area (Å²) in [6.07, 6.45) is -4.15. The van der Waals surface area contributed by atoms with Crippen LogP contribution in [0, 0.1) is 13.8 Å².